The fourth-order valence-electron chi connectivity index (χ4n) is 2.29. The molecule has 0 aromatic carbocycles. The topological polar surface area (TPSA) is 75.3 Å². The van der Waals surface area contributed by atoms with Crippen molar-refractivity contribution in [1.82, 2.24) is 10.6 Å². The number of sulfone groups is 1. The molecular weight excluding hydrogens is 228 g/mol. The zero-order chi connectivity index (χ0) is 11.6. The quantitative estimate of drug-likeness (QED) is 0.684. The van der Waals surface area contributed by atoms with Crippen LogP contribution in [0.3, 0.4) is 0 Å². The number of rotatable bonds is 2. The second-order valence-corrected chi connectivity index (χ2v) is 6.84. The van der Waals surface area contributed by atoms with Gasteiger partial charge in [0.15, 0.2) is 9.84 Å². The van der Waals surface area contributed by atoms with Crippen molar-refractivity contribution >= 4 is 15.7 Å². The zero-order valence-corrected chi connectivity index (χ0v) is 10.1. The Morgan fingerprint density at radius 2 is 2.06 bits per heavy atom. The smallest absolute Gasteiger partial charge is 0.237 e. The molecule has 2 N–H and O–H groups in total. The van der Waals surface area contributed by atoms with E-state index >= 15 is 0 Å². The van der Waals surface area contributed by atoms with Crippen LogP contribution in [0.25, 0.3) is 0 Å². The van der Waals surface area contributed by atoms with Crippen molar-refractivity contribution in [3.8, 4) is 0 Å². The molecule has 0 spiro atoms. The standard InChI is InChI=1S/C10H18N2O3S/c13-10(9-3-1-2-5-11-9)12-8-4-6-16(14,15)7-8/h8-9,11H,1-7H2,(H,12,13)/t8?,9-/m1/s1. The van der Waals surface area contributed by atoms with Gasteiger partial charge in [-0.2, -0.15) is 0 Å². The summed E-state index contributed by atoms with van der Waals surface area (Å²) in [4.78, 5) is 11.8. The molecule has 1 unspecified atom stereocenters. The molecule has 2 rings (SSSR count). The summed E-state index contributed by atoms with van der Waals surface area (Å²) in [7, 11) is -2.91. The molecule has 0 aromatic rings. The number of hydrogen-bond donors (Lipinski definition) is 2. The first kappa shape index (κ1) is 11.9. The highest BCUT2D eigenvalue weighted by Gasteiger charge is 2.30. The molecule has 92 valence electrons. The molecule has 1 amide bonds. The Morgan fingerprint density at radius 3 is 2.62 bits per heavy atom. The lowest BCUT2D eigenvalue weighted by atomic mass is 10.0. The molecule has 2 heterocycles. The van der Waals surface area contributed by atoms with Crippen LogP contribution >= 0.6 is 0 Å². The van der Waals surface area contributed by atoms with Crippen molar-refractivity contribution in [3.63, 3.8) is 0 Å². The highest BCUT2D eigenvalue weighted by Crippen LogP contribution is 2.13. The Labute approximate surface area is 95.9 Å². The maximum Gasteiger partial charge on any atom is 0.237 e. The number of nitrogens with one attached hydrogen (secondary N) is 2. The highest BCUT2D eigenvalue weighted by molar-refractivity contribution is 7.91. The molecule has 0 aliphatic carbocycles. The molecule has 0 saturated carbocycles. The number of hydrogen-bond acceptors (Lipinski definition) is 4. The summed E-state index contributed by atoms with van der Waals surface area (Å²) in [6.07, 6.45) is 3.59. The largest absolute Gasteiger partial charge is 0.351 e. The highest BCUT2D eigenvalue weighted by atomic mass is 32.2. The number of carbonyl (C=O) groups excluding carboxylic acids is 1. The van der Waals surface area contributed by atoms with Crippen molar-refractivity contribution in [2.24, 2.45) is 0 Å². The van der Waals surface area contributed by atoms with E-state index < -0.39 is 9.84 Å². The minimum absolute atomic E-state index is 0.0400. The van der Waals surface area contributed by atoms with Gasteiger partial charge in [0, 0.05) is 6.04 Å². The SMILES string of the molecule is O=C(NC1CCS(=O)(=O)C1)[C@H]1CCCCN1. The molecule has 0 aromatic heterocycles. The van der Waals surface area contributed by atoms with Crippen LogP contribution in [0.1, 0.15) is 25.7 Å². The Balaban J connectivity index is 1.83. The Bertz CT molecular complexity index is 360. The van der Waals surface area contributed by atoms with Gasteiger partial charge in [-0.15, -0.1) is 0 Å². The van der Waals surface area contributed by atoms with Crippen LogP contribution in [0.4, 0.5) is 0 Å². The van der Waals surface area contributed by atoms with Gasteiger partial charge in [0.1, 0.15) is 0 Å². The van der Waals surface area contributed by atoms with Crippen LogP contribution in [0.2, 0.25) is 0 Å². The van der Waals surface area contributed by atoms with Crippen molar-refractivity contribution in [2.75, 3.05) is 18.1 Å². The van der Waals surface area contributed by atoms with Crippen molar-refractivity contribution < 1.29 is 13.2 Å². The number of piperidine rings is 1. The van der Waals surface area contributed by atoms with Gasteiger partial charge in [-0.25, -0.2) is 8.42 Å². The van der Waals surface area contributed by atoms with E-state index in [-0.39, 0.29) is 29.5 Å². The van der Waals surface area contributed by atoms with E-state index in [0.717, 1.165) is 25.8 Å². The molecule has 16 heavy (non-hydrogen) atoms. The van der Waals surface area contributed by atoms with E-state index in [1.54, 1.807) is 0 Å². The van der Waals surface area contributed by atoms with Crippen LogP contribution in [0.15, 0.2) is 0 Å². The Morgan fingerprint density at radius 1 is 1.25 bits per heavy atom. The zero-order valence-electron chi connectivity index (χ0n) is 9.24. The molecule has 2 saturated heterocycles. The fraction of sp³-hybridized carbons (Fsp3) is 0.900. The number of amides is 1. The van der Waals surface area contributed by atoms with E-state index in [2.05, 4.69) is 10.6 Å². The second-order valence-electron chi connectivity index (χ2n) is 4.61. The normalized spacial score (nSPS) is 33.5. The molecule has 2 aliphatic heterocycles. The van der Waals surface area contributed by atoms with Gasteiger partial charge in [0.25, 0.3) is 0 Å². The van der Waals surface area contributed by atoms with E-state index in [4.69, 9.17) is 0 Å². The predicted octanol–water partition coefficient (Wildman–Crippen LogP) is -0.568. The maximum atomic E-state index is 11.8. The summed E-state index contributed by atoms with van der Waals surface area (Å²) in [5, 5.41) is 5.98. The first-order valence-corrected chi connectivity index (χ1v) is 7.63. The fourth-order valence-corrected chi connectivity index (χ4v) is 3.96. The van der Waals surface area contributed by atoms with Crippen LogP contribution in [0, 0.1) is 0 Å². The first-order chi connectivity index (χ1) is 7.57. The van der Waals surface area contributed by atoms with E-state index in [1.165, 1.54) is 0 Å². The average molecular weight is 246 g/mol. The van der Waals surface area contributed by atoms with Crippen LogP contribution < -0.4 is 10.6 Å². The van der Waals surface area contributed by atoms with Gasteiger partial charge in [-0.05, 0) is 25.8 Å². The average Bonchev–Trinajstić information content (AvgIpc) is 2.59. The summed E-state index contributed by atoms with van der Waals surface area (Å²) in [6.45, 7) is 0.876. The third-order valence-corrected chi connectivity index (χ3v) is 4.97. The van der Waals surface area contributed by atoms with Crippen LogP contribution in [-0.4, -0.2) is 44.5 Å². The minimum atomic E-state index is -2.91. The van der Waals surface area contributed by atoms with Crippen LogP contribution in [-0.2, 0) is 14.6 Å². The summed E-state index contributed by atoms with van der Waals surface area (Å²) in [6, 6.07) is -0.307. The summed E-state index contributed by atoms with van der Waals surface area (Å²) >= 11 is 0. The predicted molar refractivity (Wildman–Crippen MR) is 60.8 cm³/mol. The third kappa shape index (κ3) is 2.95. The molecule has 5 nitrogen and oxygen atoms in total. The van der Waals surface area contributed by atoms with Gasteiger partial charge in [0.05, 0.1) is 17.5 Å². The van der Waals surface area contributed by atoms with Crippen molar-refractivity contribution in [3.05, 3.63) is 0 Å². The van der Waals surface area contributed by atoms with E-state index in [0.29, 0.717) is 6.42 Å². The summed E-state index contributed by atoms with van der Waals surface area (Å²) in [5.41, 5.74) is 0. The molecule has 0 radical (unpaired) electrons. The second kappa shape index (κ2) is 4.71. The van der Waals surface area contributed by atoms with Crippen molar-refractivity contribution in [1.29, 1.82) is 0 Å². The number of carbonyl (C=O) groups is 1. The van der Waals surface area contributed by atoms with Gasteiger partial charge in [-0.1, -0.05) is 6.42 Å². The summed E-state index contributed by atoms with van der Waals surface area (Å²) < 4.78 is 22.5. The lowest BCUT2D eigenvalue weighted by molar-refractivity contribution is -0.124. The Hall–Kier alpha value is -0.620. The molecule has 6 heteroatoms. The van der Waals surface area contributed by atoms with Crippen molar-refractivity contribution in [2.45, 2.75) is 37.8 Å². The molecule has 2 atom stereocenters. The van der Waals surface area contributed by atoms with E-state index in [9.17, 15) is 13.2 Å². The van der Waals surface area contributed by atoms with Gasteiger partial charge < -0.3 is 10.6 Å². The van der Waals surface area contributed by atoms with Gasteiger partial charge in [-0.3, -0.25) is 4.79 Å². The lowest BCUT2D eigenvalue weighted by Crippen LogP contribution is -2.49. The maximum absolute atomic E-state index is 11.8. The first-order valence-electron chi connectivity index (χ1n) is 5.81. The molecular formula is C10H18N2O3S. The summed E-state index contributed by atoms with van der Waals surface area (Å²) in [5.74, 6) is 0.267. The molecule has 2 fully saturated rings. The minimum Gasteiger partial charge on any atom is -0.351 e. The third-order valence-electron chi connectivity index (χ3n) is 3.21. The Kier molecular flexibility index (Phi) is 3.49. The monoisotopic (exact) mass is 246 g/mol. The molecule has 0 bridgehead atoms. The van der Waals surface area contributed by atoms with Gasteiger partial charge in [0.2, 0.25) is 5.91 Å². The van der Waals surface area contributed by atoms with Gasteiger partial charge >= 0.3 is 0 Å². The molecule has 2 aliphatic rings. The van der Waals surface area contributed by atoms with Crippen LogP contribution in [0.5, 0.6) is 0 Å². The lowest BCUT2D eigenvalue weighted by Gasteiger charge is -2.24. The van der Waals surface area contributed by atoms with E-state index in [1.807, 2.05) is 0 Å².